The maximum Gasteiger partial charge on any atom is 0.216 e. The Morgan fingerprint density at radius 2 is 1.83 bits per heavy atom. The normalized spacial score (nSPS) is 12.9. The Morgan fingerprint density at radius 3 is 2.48 bits per heavy atom. The van der Waals surface area contributed by atoms with Crippen molar-refractivity contribution in [3.05, 3.63) is 63.6 Å². The number of benzene rings is 2. The smallest absolute Gasteiger partial charge is 0.216 e. The molecule has 0 bridgehead atoms. The summed E-state index contributed by atoms with van der Waals surface area (Å²) in [6, 6.07) is 11.6. The zero-order chi connectivity index (χ0) is 17.0. The van der Waals surface area contributed by atoms with Crippen LogP contribution in [0, 0.1) is 0 Å². The van der Waals surface area contributed by atoms with Crippen LogP contribution in [-0.2, 0) is 15.8 Å². The third-order valence-corrected chi connectivity index (χ3v) is 5.47. The number of hydrogen-bond donors (Lipinski definition) is 1. The molecule has 7 heteroatoms. The fourth-order valence-corrected chi connectivity index (χ4v) is 3.94. The van der Waals surface area contributed by atoms with Gasteiger partial charge in [-0.3, -0.25) is 0 Å². The van der Waals surface area contributed by atoms with Crippen LogP contribution in [0.3, 0.4) is 0 Å². The van der Waals surface area contributed by atoms with Crippen LogP contribution in [0.5, 0.6) is 5.75 Å². The zero-order valence-electron chi connectivity index (χ0n) is 12.7. The highest BCUT2D eigenvalue weighted by Crippen LogP contribution is 2.26. The maximum absolute atomic E-state index is 12.4. The zero-order valence-corrected chi connectivity index (χ0v) is 15.0. The van der Waals surface area contributed by atoms with Gasteiger partial charge in [-0.2, -0.15) is 0 Å². The molecule has 2 aromatic carbocycles. The van der Waals surface area contributed by atoms with Crippen LogP contribution in [0.25, 0.3) is 0 Å². The van der Waals surface area contributed by atoms with Crippen molar-refractivity contribution in [2.75, 3.05) is 7.11 Å². The van der Waals surface area contributed by atoms with E-state index < -0.39 is 16.1 Å². The Morgan fingerprint density at radius 1 is 1.13 bits per heavy atom. The molecule has 4 nitrogen and oxygen atoms in total. The van der Waals surface area contributed by atoms with E-state index in [1.807, 2.05) is 18.2 Å². The Bertz CT molecular complexity index is 794. The lowest BCUT2D eigenvalue weighted by molar-refractivity contribution is 0.405. The van der Waals surface area contributed by atoms with E-state index in [4.69, 9.17) is 27.9 Å². The highest BCUT2D eigenvalue weighted by molar-refractivity contribution is 7.88. The molecule has 0 amide bonds. The summed E-state index contributed by atoms with van der Waals surface area (Å²) in [5.74, 6) is 0.459. The Labute approximate surface area is 146 Å². The minimum Gasteiger partial charge on any atom is -0.496 e. The van der Waals surface area contributed by atoms with E-state index in [1.165, 1.54) is 0 Å². The molecule has 0 aliphatic rings. The lowest BCUT2D eigenvalue weighted by atomic mass is 10.1. The predicted octanol–water partition coefficient (Wildman–Crippen LogP) is 4.18. The molecule has 0 aliphatic heterocycles. The van der Waals surface area contributed by atoms with Crippen molar-refractivity contribution in [1.82, 2.24) is 4.72 Å². The number of sulfonamides is 1. The van der Waals surface area contributed by atoms with Gasteiger partial charge in [0.05, 0.1) is 22.9 Å². The largest absolute Gasteiger partial charge is 0.496 e. The van der Waals surface area contributed by atoms with Crippen molar-refractivity contribution >= 4 is 33.2 Å². The van der Waals surface area contributed by atoms with Crippen molar-refractivity contribution < 1.29 is 13.2 Å². The van der Waals surface area contributed by atoms with Gasteiger partial charge in [0.1, 0.15) is 5.75 Å². The van der Waals surface area contributed by atoms with E-state index in [0.29, 0.717) is 21.4 Å². The van der Waals surface area contributed by atoms with Gasteiger partial charge in [-0.15, -0.1) is 0 Å². The highest BCUT2D eigenvalue weighted by Gasteiger charge is 2.19. The molecule has 2 aromatic rings. The Balaban J connectivity index is 2.15. The van der Waals surface area contributed by atoms with Crippen molar-refractivity contribution in [2.45, 2.75) is 18.7 Å². The van der Waals surface area contributed by atoms with Crippen LogP contribution in [0.15, 0.2) is 42.5 Å². The highest BCUT2D eigenvalue weighted by atomic mass is 35.5. The van der Waals surface area contributed by atoms with Gasteiger partial charge in [0.15, 0.2) is 0 Å². The first-order valence-electron chi connectivity index (χ1n) is 6.89. The number of methoxy groups -OCH3 is 1. The summed E-state index contributed by atoms with van der Waals surface area (Å²) < 4.78 is 32.6. The van der Waals surface area contributed by atoms with E-state index in [-0.39, 0.29) is 5.75 Å². The van der Waals surface area contributed by atoms with E-state index in [9.17, 15) is 8.42 Å². The van der Waals surface area contributed by atoms with E-state index in [2.05, 4.69) is 4.72 Å². The first-order valence-corrected chi connectivity index (χ1v) is 9.30. The average Bonchev–Trinajstić information content (AvgIpc) is 2.50. The van der Waals surface area contributed by atoms with Gasteiger partial charge in [0, 0.05) is 11.6 Å². The van der Waals surface area contributed by atoms with Gasteiger partial charge in [-0.25, -0.2) is 13.1 Å². The molecule has 0 saturated carbocycles. The second kappa shape index (κ2) is 7.53. The quantitative estimate of drug-likeness (QED) is 0.825. The predicted molar refractivity (Wildman–Crippen MR) is 93.6 cm³/mol. The summed E-state index contributed by atoms with van der Waals surface area (Å²) in [5.41, 5.74) is 1.34. The summed E-state index contributed by atoms with van der Waals surface area (Å²) >= 11 is 11.8. The number of para-hydroxylation sites is 1. The van der Waals surface area contributed by atoms with Crippen molar-refractivity contribution in [3.63, 3.8) is 0 Å². The fourth-order valence-electron chi connectivity index (χ4n) is 2.25. The second-order valence-corrected chi connectivity index (χ2v) is 7.66. The number of rotatable bonds is 6. The summed E-state index contributed by atoms with van der Waals surface area (Å²) in [6.07, 6.45) is 0. The van der Waals surface area contributed by atoms with Gasteiger partial charge in [-0.05, 0) is 30.7 Å². The topological polar surface area (TPSA) is 55.4 Å². The minimum atomic E-state index is -3.54. The standard InChI is InChI=1S/C16H17Cl2NO3S/c1-11(13-5-3-4-6-16(13)22-2)19-23(20,21)10-12-7-8-14(17)15(18)9-12/h3-9,11,19H,10H2,1-2H3/t11-/m1/s1. The van der Waals surface area contributed by atoms with Crippen LogP contribution >= 0.6 is 23.2 Å². The molecule has 1 N–H and O–H groups in total. The lowest BCUT2D eigenvalue weighted by Crippen LogP contribution is -2.28. The molecule has 0 unspecified atom stereocenters. The van der Waals surface area contributed by atoms with E-state index >= 15 is 0 Å². The van der Waals surface area contributed by atoms with Crippen LogP contribution < -0.4 is 9.46 Å². The first kappa shape index (κ1) is 18.1. The monoisotopic (exact) mass is 373 g/mol. The number of ether oxygens (including phenoxy) is 1. The number of halogens is 2. The minimum absolute atomic E-state index is 0.177. The Hall–Kier alpha value is -1.27. The molecule has 0 radical (unpaired) electrons. The number of hydrogen-bond acceptors (Lipinski definition) is 3. The van der Waals surface area contributed by atoms with Gasteiger partial charge in [-0.1, -0.05) is 47.5 Å². The third-order valence-electron chi connectivity index (χ3n) is 3.30. The molecule has 0 aromatic heterocycles. The molecule has 0 fully saturated rings. The molecule has 0 heterocycles. The summed E-state index contributed by atoms with van der Waals surface area (Å²) in [7, 11) is -1.99. The van der Waals surface area contributed by atoms with Crippen molar-refractivity contribution in [1.29, 1.82) is 0 Å². The molecule has 124 valence electrons. The number of nitrogens with one attached hydrogen (secondary N) is 1. The summed E-state index contributed by atoms with van der Waals surface area (Å²) in [4.78, 5) is 0. The van der Waals surface area contributed by atoms with Crippen molar-refractivity contribution in [2.24, 2.45) is 0 Å². The molecular weight excluding hydrogens is 357 g/mol. The van der Waals surface area contributed by atoms with Gasteiger partial charge in [0.25, 0.3) is 0 Å². The molecule has 0 spiro atoms. The Kier molecular flexibility index (Phi) is 5.92. The molecule has 0 saturated heterocycles. The van der Waals surface area contributed by atoms with Crippen LogP contribution in [0.4, 0.5) is 0 Å². The van der Waals surface area contributed by atoms with Gasteiger partial charge < -0.3 is 4.74 Å². The first-order chi connectivity index (χ1) is 10.8. The molecule has 2 rings (SSSR count). The van der Waals surface area contributed by atoms with E-state index in [0.717, 1.165) is 5.56 Å². The molecule has 0 aliphatic carbocycles. The molecular formula is C16H17Cl2NO3S. The third kappa shape index (κ3) is 4.85. The fraction of sp³-hybridized carbons (Fsp3) is 0.250. The SMILES string of the molecule is COc1ccccc1[C@@H](C)NS(=O)(=O)Cc1ccc(Cl)c(Cl)c1. The van der Waals surface area contributed by atoms with Crippen LogP contribution in [0.2, 0.25) is 10.0 Å². The maximum atomic E-state index is 12.4. The van der Waals surface area contributed by atoms with Gasteiger partial charge >= 0.3 is 0 Å². The summed E-state index contributed by atoms with van der Waals surface area (Å²) in [5, 5.41) is 0.723. The second-order valence-electron chi connectivity index (χ2n) is 5.09. The van der Waals surface area contributed by atoms with Crippen LogP contribution in [-0.4, -0.2) is 15.5 Å². The van der Waals surface area contributed by atoms with Crippen molar-refractivity contribution in [3.8, 4) is 5.75 Å². The lowest BCUT2D eigenvalue weighted by Gasteiger charge is -2.17. The van der Waals surface area contributed by atoms with E-state index in [1.54, 1.807) is 38.3 Å². The molecule has 23 heavy (non-hydrogen) atoms. The average molecular weight is 374 g/mol. The molecule has 1 atom stereocenters. The van der Waals surface area contributed by atoms with Crippen LogP contribution in [0.1, 0.15) is 24.1 Å². The summed E-state index contributed by atoms with van der Waals surface area (Å²) in [6.45, 7) is 1.77. The van der Waals surface area contributed by atoms with Gasteiger partial charge in [0.2, 0.25) is 10.0 Å².